The van der Waals surface area contributed by atoms with E-state index in [2.05, 4.69) is 25.7 Å². The van der Waals surface area contributed by atoms with Crippen molar-refractivity contribution in [3.63, 3.8) is 0 Å². The van der Waals surface area contributed by atoms with Crippen LogP contribution in [0.4, 0.5) is 0 Å². The van der Waals surface area contributed by atoms with Crippen molar-refractivity contribution in [3.05, 3.63) is 0 Å². The second-order valence-electron chi connectivity index (χ2n) is 3.13. The average Bonchev–Trinajstić information content (AvgIpc) is 2.33. The molecule has 1 fully saturated rings. The molecule has 2 nitrogen and oxygen atoms in total. The van der Waals surface area contributed by atoms with Gasteiger partial charge in [0.25, 0.3) is 0 Å². The minimum atomic E-state index is 0.380. The minimum Gasteiger partial charge on any atom is -0.362 e. The SMILES string of the molecule is CCN1CCO[C@H]1C(C)C. The number of ether oxygens (including phenoxy) is 1. The van der Waals surface area contributed by atoms with Crippen LogP contribution in [0.5, 0.6) is 0 Å². The van der Waals surface area contributed by atoms with E-state index < -0.39 is 0 Å². The lowest BCUT2D eigenvalue weighted by Crippen LogP contribution is -2.33. The van der Waals surface area contributed by atoms with Crippen molar-refractivity contribution in [2.75, 3.05) is 19.7 Å². The Labute approximate surface area is 63.2 Å². The Hall–Kier alpha value is -0.0800. The fourth-order valence-electron chi connectivity index (χ4n) is 1.48. The Balaban J connectivity index is 2.42. The lowest BCUT2D eigenvalue weighted by atomic mass is 10.2. The summed E-state index contributed by atoms with van der Waals surface area (Å²) in [6.45, 7) is 9.74. The van der Waals surface area contributed by atoms with Gasteiger partial charge in [-0.25, -0.2) is 0 Å². The van der Waals surface area contributed by atoms with E-state index in [1.54, 1.807) is 0 Å². The zero-order valence-corrected chi connectivity index (χ0v) is 7.13. The predicted molar refractivity (Wildman–Crippen MR) is 41.8 cm³/mol. The van der Waals surface area contributed by atoms with Gasteiger partial charge in [-0.3, -0.25) is 4.90 Å². The first-order chi connectivity index (χ1) is 4.75. The van der Waals surface area contributed by atoms with Gasteiger partial charge in [0, 0.05) is 6.54 Å². The van der Waals surface area contributed by atoms with Gasteiger partial charge in [0.1, 0.15) is 6.23 Å². The molecule has 0 N–H and O–H groups in total. The van der Waals surface area contributed by atoms with E-state index in [9.17, 15) is 0 Å². The fourth-order valence-corrected chi connectivity index (χ4v) is 1.48. The molecule has 0 bridgehead atoms. The van der Waals surface area contributed by atoms with Crippen LogP contribution in [0.3, 0.4) is 0 Å². The first-order valence-electron chi connectivity index (χ1n) is 4.11. The van der Waals surface area contributed by atoms with Crippen molar-refractivity contribution in [2.24, 2.45) is 5.92 Å². The average molecular weight is 143 g/mol. The summed E-state index contributed by atoms with van der Waals surface area (Å²) in [5.41, 5.74) is 0. The van der Waals surface area contributed by atoms with Gasteiger partial charge in [-0.15, -0.1) is 0 Å². The van der Waals surface area contributed by atoms with Crippen molar-refractivity contribution in [2.45, 2.75) is 27.0 Å². The highest BCUT2D eigenvalue weighted by molar-refractivity contribution is 4.70. The van der Waals surface area contributed by atoms with Gasteiger partial charge in [-0.05, 0) is 12.5 Å². The highest BCUT2D eigenvalue weighted by Gasteiger charge is 2.25. The van der Waals surface area contributed by atoms with Crippen LogP contribution < -0.4 is 0 Å². The fraction of sp³-hybridized carbons (Fsp3) is 1.00. The molecular weight excluding hydrogens is 126 g/mol. The van der Waals surface area contributed by atoms with Crippen LogP contribution in [0.2, 0.25) is 0 Å². The molecule has 0 unspecified atom stereocenters. The van der Waals surface area contributed by atoms with Crippen molar-refractivity contribution in [3.8, 4) is 0 Å². The Bertz CT molecular complexity index is 103. The third-order valence-electron chi connectivity index (χ3n) is 2.00. The summed E-state index contributed by atoms with van der Waals surface area (Å²) in [5.74, 6) is 0.627. The second-order valence-corrected chi connectivity index (χ2v) is 3.13. The molecular formula is C8H17NO. The monoisotopic (exact) mass is 143 g/mol. The molecule has 1 saturated heterocycles. The van der Waals surface area contributed by atoms with Gasteiger partial charge in [0.2, 0.25) is 0 Å². The van der Waals surface area contributed by atoms with E-state index in [0.29, 0.717) is 12.1 Å². The zero-order chi connectivity index (χ0) is 7.56. The van der Waals surface area contributed by atoms with Gasteiger partial charge < -0.3 is 4.74 Å². The summed E-state index contributed by atoms with van der Waals surface area (Å²) >= 11 is 0. The Morgan fingerprint density at radius 2 is 2.30 bits per heavy atom. The van der Waals surface area contributed by atoms with Crippen LogP contribution in [0.15, 0.2) is 0 Å². The van der Waals surface area contributed by atoms with Crippen molar-refractivity contribution in [1.29, 1.82) is 0 Å². The summed E-state index contributed by atoms with van der Waals surface area (Å²) in [5, 5.41) is 0. The molecule has 0 amide bonds. The highest BCUT2D eigenvalue weighted by Crippen LogP contribution is 2.16. The smallest absolute Gasteiger partial charge is 0.113 e. The van der Waals surface area contributed by atoms with E-state index in [4.69, 9.17) is 4.74 Å². The normalized spacial score (nSPS) is 28.2. The number of nitrogens with zero attached hydrogens (tertiary/aromatic N) is 1. The first kappa shape index (κ1) is 8.02. The molecule has 0 radical (unpaired) electrons. The van der Waals surface area contributed by atoms with Crippen LogP contribution in [-0.2, 0) is 4.74 Å². The maximum absolute atomic E-state index is 5.54. The number of rotatable bonds is 2. The lowest BCUT2D eigenvalue weighted by Gasteiger charge is -2.23. The van der Waals surface area contributed by atoms with E-state index in [0.717, 1.165) is 19.7 Å². The molecule has 0 aliphatic carbocycles. The van der Waals surface area contributed by atoms with E-state index in [-0.39, 0.29) is 0 Å². The number of hydrogen-bond acceptors (Lipinski definition) is 2. The van der Waals surface area contributed by atoms with Crippen LogP contribution in [0.1, 0.15) is 20.8 Å². The van der Waals surface area contributed by atoms with Crippen LogP contribution in [-0.4, -0.2) is 30.8 Å². The van der Waals surface area contributed by atoms with Crippen LogP contribution in [0.25, 0.3) is 0 Å². The van der Waals surface area contributed by atoms with E-state index in [1.165, 1.54) is 0 Å². The molecule has 1 atom stereocenters. The standard InChI is InChI=1S/C8H17NO/c1-4-9-5-6-10-8(9)7(2)3/h7-8H,4-6H2,1-3H3/t8-/m0/s1. The van der Waals surface area contributed by atoms with Crippen LogP contribution in [0, 0.1) is 5.92 Å². The van der Waals surface area contributed by atoms with E-state index in [1.807, 2.05) is 0 Å². The van der Waals surface area contributed by atoms with Gasteiger partial charge in [-0.2, -0.15) is 0 Å². The van der Waals surface area contributed by atoms with Crippen molar-refractivity contribution < 1.29 is 4.74 Å². The first-order valence-corrected chi connectivity index (χ1v) is 4.11. The van der Waals surface area contributed by atoms with Crippen molar-refractivity contribution in [1.82, 2.24) is 4.90 Å². The third-order valence-corrected chi connectivity index (χ3v) is 2.00. The summed E-state index contributed by atoms with van der Waals surface area (Å²) in [7, 11) is 0. The molecule has 1 rings (SSSR count). The van der Waals surface area contributed by atoms with Gasteiger partial charge in [0.05, 0.1) is 6.61 Å². The Kier molecular flexibility index (Phi) is 2.69. The van der Waals surface area contributed by atoms with Gasteiger partial charge in [-0.1, -0.05) is 20.8 Å². The van der Waals surface area contributed by atoms with Gasteiger partial charge >= 0.3 is 0 Å². The summed E-state index contributed by atoms with van der Waals surface area (Å²) in [6, 6.07) is 0. The highest BCUT2D eigenvalue weighted by atomic mass is 16.5. The number of hydrogen-bond donors (Lipinski definition) is 0. The molecule has 1 aliphatic heterocycles. The molecule has 1 heterocycles. The Morgan fingerprint density at radius 1 is 1.60 bits per heavy atom. The maximum Gasteiger partial charge on any atom is 0.113 e. The molecule has 1 aliphatic rings. The maximum atomic E-state index is 5.54. The Morgan fingerprint density at radius 3 is 2.70 bits per heavy atom. The minimum absolute atomic E-state index is 0.380. The summed E-state index contributed by atoms with van der Waals surface area (Å²) in [4.78, 5) is 2.38. The molecule has 0 aromatic heterocycles. The largest absolute Gasteiger partial charge is 0.362 e. The van der Waals surface area contributed by atoms with Gasteiger partial charge in [0.15, 0.2) is 0 Å². The molecule has 10 heavy (non-hydrogen) atoms. The summed E-state index contributed by atoms with van der Waals surface area (Å²) in [6.07, 6.45) is 0.380. The molecule has 0 saturated carbocycles. The lowest BCUT2D eigenvalue weighted by molar-refractivity contribution is 0.000606. The molecule has 60 valence electrons. The molecule has 2 heteroatoms. The quantitative estimate of drug-likeness (QED) is 0.578. The molecule has 0 spiro atoms. The topological polar surface area (TPSA) is 12.5 Å². The number of likely N-dealkylation sites (N-methyl/N-ethyl adjacent to an activating group) is 1. The summed E-state index contributed by atoms with van der Waals surface area (Å²) < 4.78 is 5.54. The third kappa shape index (κ3) is 1.50. The van der Waals surface area contributed by atoms with Crippen LogP contribution >= 0.6 is 0 Å². The second kappa shape index (κ2) is 3.35. The predicted octanol–water partition coefficient (Wildman–Crippen LogP) is 1.32. The molecule has 0 aromatic carbocycles. The van der Waals surface area contributed by atoms with Crippen molar-refractivity contribution >= 4 is 0 Å². The molecule has 0 aromatic rings. The van der Waals surface area contributed by atoms with E-state index >= 15 is 0 Å². The zero-order valence-electron chi connectivity index (χ0n) is 7.13.